The van der Waals surface area contributed by atoms with Crippen molar-refractivity contribution in [2.24, 2.45) is 4.99 Å². The summed E-state index contributed by atoms with van der Waals surface area (Å²) in [7, 11) is 0. The van der Waals surface area contributed by atoms with Crippen LogP contribution in [0.25, 0.3) is 5.69 Å². The van der Waals surface area contributed by atoms with Gasteiger partial charge < -0.3 is 16.4 Å². The molecule has 0 aliphatic rings. The highest BCUT2D eigenvalue weighted by molar-refractivity contribution is 14.0. The Morgan fingerprint density at radius 1 is 1.29 bits per heavy atom. The Bertz CT molecular complexity index is 814. The minimum Gasteiger partial charge on any atom is -0.382 e. The van der Waals surface area contributed by atoms with Gasteiger partial charge in [-0.15, -0.1) is 24.0 Å². The Balaban J connectivity index is 0.00000392. The van der Waals surface area contributed by atoms with E-state index < -0.39 is 0 Å². The van der Waals surface area contributed by atoms with E-state index in [0.29, 0.717) is 30.0 Å². The quantitative estimate of drug-likeness (QED) is 0.247. The lowest BCUT2D eigenvalue weighted by Gasteiger charge is -2.23. The van der Waals surface area contributed by atoms with E-state index in [-0.39, 0.29) is 29.5 Å². The number of guanidine groups is 1. The van der Waals surface area contributed by atoms with Gasteiger partial charge in [0, 0.05) is 18.6 Å². The summed E-state index contributed by atoms with van der Waals surface area (Å²) >= 11 is 0. The predicted molar refractivity (Wildman–Crippen MR) is 125 cm³/mol. The van der Waals surface area contributed by atoms with Crippen molar-refractivity contribution in [3.8, 4) is 11.8 Å². The summed E-state index contributed by atoms with van der Waals surface area (Å²) in [5.74, 6) is 1.17. The highest BCUT2D eigenvalue weighted by Gasteiger charge is 2.16. The Morgan fingerprint density at radius 3 is 2.54 bits per heavy atom. The topological polar surface area (TPSA) is 104 Å². The molecule has 2 aromatic rings. The van der Waals surface area contributed by atoms with Crippen LogP contribution in [0.2, 0.25) is 0 Å². The van der Waals surface area contributed by atoms with Gasteiger partial charge in [0.15, 0.2) is 5.96 Å². The number of nitrogens with zero attached hydrogens (tertiary/aromatic N) is 4. The Kier molecular flexibility index (Phi) is 9.25. The summed E-state index contributed by atoms with van der Waals surface area (Å²) < 4.78 is 1.63. The second-order valence-electron chi connectivity index (χ2n) is 7.31. The number of halogens is 1. The molecule has 0 saturated carbocycles. The molecule has 0 spiro atoms. The van der Waals surface area contributed by atoms with E-state index in [1.54, 1.807) is 4.68 Å². The summed E-state index contributed by atoms with van der Waals surface area (Å²) in [6, 6.07) is 11.8. The number of benzene rings is 1. The monoisotopic (exact) mass is 495 g/mol. The SMILES string of the molecule is CCNC(=NCCCc1nn(-c2ccccc2)c(N)c1C#N)NC(C)(C)C.I. The zero-order valence-corrected chi connectivity index (χ0v) is 19.3. The summed E-state index contributed by atoms with van der Waals surface area (Å²) in [6.45, 7) is 9.76. The van der Waals surface area contributed by atoms with E-state index in [1.165, 1.54) is 0 Å². The lowest BCUT2D eigenvalue weighted by molar-refractivity contribution is 0.501. The van der Waals surface area contributed by atoms with Crippen molar-refractivity contribution in [1.82, 2.24) is 20.4 Å². The van der Waals surface area contributed by atoms with Gasteiger partial charge in [0.25, 0.3) is 0 Å². The van der Waals surface area contributed by atoms with Crippen molar-refractivity contribution in [2.75, 3.05) is 18.8 Å². The summed E-state index contributed by atoms with van der Waals surface area (Å²) in [5, 5.41) is 20.6. The molecule has 0 unspecified atom stereocenters. The number of aryl methyl sites for hydroxylation is 1. The molecule has 0 aliphatic heterocycles. The minimum atomic E-state index is -0.0576. The van der Waals surface area contributed by atoms with Gasteiger partial charge in [0.1, 0.15) is 17.5 Å². The fraction of sp³-hybridized carbons (Fsp3) is 0.450. The standard InChI is InChI=1S/C20H29N7.HI/c1-5-23-19(25-20(2,3)4)24-13-9-12-17-16(14-21)18(22)27(26-17)15-10-7-6-8-11-15;/h6-8,10-11H,5,9,12-13,22H2,1-4H3,(H2,23,24,25);1H. The van der Waals surface area contributed by atoms with E-state index >= 15 is 0 Å². The fourth-order valence-corrected chi connectivity index (χ4v) is 2.64. The molecule has 8 heteroatoms. The molecule has 28 heavy (non-hydrogen) atoms. The van der Waals surface area contributed by atoms with Crippen LogP contribution in [0.1, 0.15) is 45.4 Å². The molecule has 0 aliphatic carbocycles. The van der Waals surface area contributed by atoms with Gasteiger partial charge in [-0.05, 0) is 52.7 Å². The van der Waals surface area contributed by atoms with Crippen LogP contribution in [0.3, 0.4) is 0 Å². The number of hydrogen-bond acceptors (Lipinski definition) is 4. The van der Waals surface area contributed by atoms with Gasteiger partial charge in [0.2, 0.25) is 0 Å². The van der Waals surface area contributed by atoms with Gasteiger partial charge >= 0.3 is 0 Å². The van der Waals surface area contributed by atoms with Gasteiger partial charge in [-0.1, -0.05) is 18.2 Å². The molecule has 7 nitrogen and oxygen atoms in total. The first-order valence-electron chi connectivity index (χ1n) is 9.25. The first-order valence-corrected chi connectivity index (χ1v) is 9.25. The molecule has 1 aromatic heterocycles. The summed E-state index contributed by atoms with van der Waals surface area (Å²) in [4.78, 5) is 4.60. The van der Waals surface area contributed by atoms with E-state index in [9.17, 15) is 5.26 Å². The van der Waals surface area contributed by atoms with Gasteiger partial charge in [-0.3, -0.25) is 4.99 Å². The number of aliphatic imine (C=N–C) groups is 1. The summed E-state index contributed by atoms with van der Waals surface area (Å²) in [5.41, 5.74) is 8.09. The van der Waals surface area contributed by atoms with E-state index in [4.69, 9.17) is 5.73 Å². The zero-order chi connectivity index (χ0) is 19.9. The van der Waals surface area contributed by atoms with Crippen LogP contribution in [-0.2, 0) is 6.42 Å². The number of hydrogen-bond donors (Lipinski definition) is 3. The number of nitrogens with two attached hydrogens (primary N) is 1. The highest BCUT2D eigenvalue weighted by Crippen LogP contribution is 2.21. The molecule has 152 valence electrons. The number of nitrogens with one attached hydrogen (secondary N) is 2. The normalized spacial score (nSPS) is 11.5. The maximum absolute atomic E-state index is 9.47. The number of nitrogen functional groups attached to an aromatic ring is 1. The van der Waals surface area contributed by atoms with Crippen molar-refractivity contribution in [2.45, 2.75) is 46.1 Å². The second kappa shape index (κ2) is 10.9. The van der Waals surface area contributed by atoms with E-state index in [1.807, 2.05) is 37.3 Å². The van der Waals surface area contributed by atoms with Crippen molar-refractivity contribution in [1.29, 1.82) is 5.26 Å². The first-order chi connectivity index (χ1) is 12.9. The second-order valence-corrected chi connectivity index (χ2v) is 7.31. The average molecular weight is 495 g/mol. The van der Waals surface area contributed by atoms with Crippen molar-refractivity contribution in [3.05, 3.63) is 41.6 Å². The van der Waals surface area contributed by atoms with Gasteiger partial charge in [0.05, 0.1) is 11.4 Å². The predicted octanol–water partition coefficient (Wildman–Crippen LogP) is 3.23. The van der Waals surface area contributed by atoms with Crippen molar-refractivity contribution in [3.63, 3.8) is 0 Å². The third-order valence-electron chi connectivity index (χ3n) is 3.79. The van der Waals surface area contributed by atoms with Crippen LogP contribution >= 0.6 is 24.0 Å². The molecule has 4 N–H and O–H groups in total. The molecule has 0 atom stereocenters. The van der Waals surface area contributed by atoms with Crippen LogP contribution in [0.15, 0.2) is 35.3 Å². The van der Waals surface area contributed by atoms with Gasteiger partial charge in [-0.2, -0.15) is 10.4 Å². The van der Waals surface area contributed by atoms with Crippen LogP contribution in [-0.4, -0.2) is 34.4 Å². The largest absolute Gasteiger partial charge is 0.382 e. The van der Waals surface area contributed by atoms with Crippen LogP contribution < -0.4 is 16.4 Å². The molecule has 1 heterocycles. The van der Waals surface area contributed by atoms with Crippen LogP contribution in [0, 0.1) is 11.3 Å². The number of anilines is 1. The van der Waals surface area contributed by atoms with Crippen LogP contribution in [0.4, 0.5) is 5.82 Å². The maximum Gasteiger partial charge on any atom is 0.191 e. The molecule has 0 bridgehead atoms. The Hall–Kier alpha value is -2.28. The number of nitriles is 1. The van der Waals surface area contributed by atoms with Crippen molar-refractivity contribution < 1.29 is 0 Å². The molecule has 0 fully saturated rings. The number of para-hydroxylation sites is 1. The van der Waals surface area contributed by atoms with E-state index in [2.05, 4.69) is 47.6 Å². The molecule has 0 amide bonds. The van der Waals surface area contributed by atoms with E-state index in [0.717, 1.165) is 24.6 Å². The molecule has 2 rings (SSSR count). The maximum atomic E-state index is 9.47. The number of rotatable bonds is 6. The molecular formula is C20H30IN7. The zero-order valence-electron chi connectivity index (χ0n) is 17.0. The molecule has 0 saturated heterocycles. The van der Waals surface area contributed by atoms with Gasteiger partial charge in [-0.25, -0.2) is 4.68 Å². The molecule has 1 aromatic carbocycles. The Labute approximate surface area is 184 Å². The molecular weight excluding hydrogens is 465 g/mol. The molecule has 0 radical (unpaired) electrons. The highest BCUT2D eigenvalue weighted by atomic mass is 127. The minimum absolute atomic E-state index is 0. The first kappa shape index (κ1) is 23.8. The Morgan fingerprint density at radius 2 is 1.96 bits per heavy atom. The number of aromatic nitrogens is 2. The fourth-order valence-electron chi connectivity index (χ4n) is 2.64. The lowest BCUT2D eigenvalue weighted by Crippen LogP contribution is -2.47. The lowest BCUT2D eigenvalue weighted by atomic mass is 10.1. The summed E-state index contributed by atoms with van der Waals surface area (Å²) in [6.07, 6.45) is 1.42. The average Bonchev–Trinajstić information content (AvgIpc) is 2.94. The third kappa shape index (κ3) is 6.71. The van der Waals surface area contributed by atoms with Crippen molar-refractivity contribution >= 4 is 35.8 Å². The smallest absolute Gasteiger partial charge is 0.191 e. The third-order valence-corrected chi connectivity index (χ3v) is 3.79. The van der Waals surface area contributed by atoms with Crippen LogP contribution in [0.5, 0.6) is 0 Å².